The molecule has 0 spiro atoms. The van der Waals surface area contributed by atoms with Crippen molar-refractivity contribution in [3.05, 3.63) is 63.5 Å². The summed E-state index contributed by atoms with van der Waals surface area (Å²) in [6.45, 7) is 2.14. The second-order valence-electron chi connectivity index (χ2n) is 4.53. The zero-order valence-electron chi connectivity index (χ0n) is 12.9. The van der Waals surface area contributed by atoms with E-state index in [9.17, 15) is 4.79 Å². The normalized spacial score (nSPS) is 11.2. The van der Waals surface area contributed by atoms with Crippen LogP contribution >= 0.6 is 27.7 Å². The Morgan fingerprint density at radius 2 is 1.87 bits per heavy atom. The van der Waals surface area contributed by atoms with E-state index in [1.54, 1.807) is 14.0 Å². The highest BCUT2D eigenvalue weighted by atomic mass is 79.9. The van der Waals surface area contributed by atoms with Crippen LogP contribution in [0.4, 0.5) is 0 Å². The van der Waals surface area contributed by atoms with Crippen LogP contribution in [0.2, 0.25) is 0 Å². The lowest BCUT2D eigenvalue weighted by Gasteiger charge is -2.09. The molecule has 2 aromatic carbocycles. The molecule has 0 aliphatic rings. The Bertz CT molecular complexity index is 696. The third kappa shape index (κ3) is 5.15. The zero-order chi connectivity index (χ0) is 16.7. The molecule has 0 aliphatic heterocycles. The van der Waals surface area contributed by atoms with Crippen LogP contribution in [0.1, 0.15) is 12.5 Å². The van der Waals surface area contributed by atoms with Gasteiger partial charge in [0.2, 0.25) is 0 Å². The number of thioether (sulfide) groups is 1. The minimum Gasteiger partial charge on any atom is -0.497 e. The number of carbonyl (C=O) groups is 1. The van der Waals surface area contributed by atoms with Crippen molar-refractivity contribution >= 4 is 39.7 Å². The van der Waals surface area contributed by atoms with Gasteiger partial charge in [0.05, 0.1) is 18.6 Å². The summed E-state index contributed by atoms with van der Waals surface area (Å²) in [7, 11) is 1.62. The highest BCUT2D eigenvalue weighted by Crippen LogP contribution is 2.34. The van der Waals surface area contributed by atoms with Gasteiger partial charge in [0.15, 0.2) is 0 Å². The molecule has 0 aromatic heterocycles. The van der Waals surface area contributed by atoms with Crippen LogP contribution in [0.3, 0.4) is 0 Å². The molecule has 23 heavy (non-hydrogen) atoms. The molecule has 0 saturated carbocycles. The van der Waals surface area contributed by atoms with E-state index in [4.69, 9.17) is 9.47 Å². The highest BCUT2D eigenvalue weighted by Gasteiger charge is 2.14. The summed E-state index contributed by atoms with van der Waals surface area (Å²) in [4.78, 5) is 13.7. The van der Waals surface area contributed by atoms with Crippen molar-refractivity contribution in [3.63, 3.8) is 0 Å². The number of hydrogen-bond donors (Lipinski definition) is 0. The molecule has 3 nitrogen and oxygen atoms in total. The number of ether oxygens (including phenoxy) is 2. The predicted molar refractivity (Wildman–Crippen MR) is 97.6 cm³/mol. The second-order valence-corrected chi connectivity index (χ2v) is 6.47. The Labute approximate surface area is 148 Å². The fourth-order valence-corrected chi connectivity index (χ4v) is 3.24. The molecule has 0 radical (unpaired) electrons. The highest BCUT2D eigenvalue weighted by molar-refractivity contribution is 9.10. The van der Waals surface area contributed by atoms with Crippen molar-refractivity contribution < 1.29 is 14.3 Å². The molecular weight excluding hydrogens is 376 g/mol. The Hall–Kier alpha value is -1.72. The molecule has 120 valence electrons. The standard InChI is InChI=1S/C18H17BrO3S/c1-3-22-18(20)17(23-16-7-5-4-6-15(16)19)12-13-8-10-14(21-2)11-9-13/h4-12H,3H2,1-2H3/b17-12-. The summed E-state index contributed by atoms with van der Waals surface area (Å²) >= 11 is 4.88. The summed E-state index contributed by atoms with van der Waals surface area (Å²) < 4.78 is 11.3. The van der Waals surface area contributed by atoms with Crippen LogP contribution in [-0.4, -0.2) is 19.7 Å². The monoisotopic (exact) mass is 392 g/mol. The summed E-state index contributed by atoms with van der Waals surface area (Å²) in [5.41, 5.74) is 0.911. The number of hydrogen-bond acceptors (Lipinski definition) is 4. The van der Waals surface area contributed by atoms with Crippen molar-refractivity contribution in [1.29, 1.82) is 0 Å². The third-order valence-corrected chi connectivity index (χ3v) is 4.98. The van der Waals surface area contributed by atoms with Crippen molar-refractivity contribution in [1.82, 2.24) is 0 Å². The van der Waals surface area contributed by atoms with Crippen LogP contribution < -0.4 is 4.74 Å². The van der Waals surface area contributed by atoms with Gasteiger partial charge in [-0.05, 0) is 58.8 Å². The molecule has 2 aromatic rings. The molecule has 0 saturated heterocycles. The molecule has 0 amide bonds. The van der Waals surface area contributed by atoms with E-state index in [0.717, 1.165) is 20.7 Å². The fourth-order valence-electron chi connectivity index (χ4n) is 1.83. The first-order chi connectivity index (χ1) is 11.1. The second kappa shape index (κ2) is 8.79. The Balaban J connectivity index is 2.31. The first kappa shape index (κ1) is 17.6. The van der Waals surface area contributed by atoms with Gasteiger partial charge in [0.25, 0.3) is 0 Å². The van der Waals surface area contributed by atoms with E-state index >= 15 is 0 Å². The molecule has 0 unspecified atom stereocenters. The van der Waals surface area contributed by atoms with Gasteiger partial charge in [-0.25, -0.2) is 4.79 Å². The Morgan fingerprint density at radius 3 is 2.48 bits per heavy atom. The van der Waals surface area contributed by atoms with Crippen LogP contribution in [0, 0.1) is 0 Å². The van der Waals surface area contributed by atoms with Gasteiger partial charge in [0, 0.05) is 9.37 Å². The number of benzene rings is 2. The number of methoxy groups -OCH3 is 1. The lowest BCUT2D eigenvalue weighted by atomic mass is 10.2. The minimum absolute atomic E-state index is 0.330. The summed E-state index contributed by atoms with van der Waals surface area (Å²) in [6, 6.07) is 15.3. The minimum atomic E-state index is -0.330. The van der Waals surface area contributed by atoms with Gasteiger partial charge in [-0.15, -0.1) is 0 Å². The van der Waals surface area contributed by atoms with E-state index in [-0.39, 0.29) is 5.97 Å². The Morgan fingerprint density at radius 1 is 1.17 bits per heavy atom. The summed E-state index contributed by atoms with van der Waals surface area (Å²) in [5, 5.41) is 0. The molecule has 2 rings (SSSR count). The number of rotatable bonds is 6. The topological polar surface area (TPSA) is 35.5 Å². The van der Waals surface area contributed by atoms with Gasteiger partial charge in [-0.3, -0.25) is 0 Å². The van der Waals surface area contributed by atoms with E-state index < -0.39 is 0 Å². The quantitative estimate of drug-likeness (QED) is 0.386. The van der Waals surface area contributed by atoms with E-state index in [1.807, 2.05) is 54.6 Å². The fraction of sp³-hybridized carbons (Fsp3) is 0.167. The molecule has 5 heteroatoms. The van der Waals surface area contributed by atoms with Crippen LogP contribution in [-0.2, 0) is 9.53 Å². The van der Waals surface area contributed by atoms with Crippen molar-refractivity contribution in [2.75, 3.05) is 13.7 Å². The van der Waals surface area contributed by atoms with Gasteiger partial charge in [-0.1, -0.05) is 36.0 Å². The predicted octanol–water partition coefficient (Wildman–Crippen LogP) is 5.15. The average Bonchev–Trinajstić information content (AvgIpc) is 2.57. The maximum Gasteiger partial charge on any atom is 0.344 e. The SMILES string of the molecule is CCOC(=O)/C(=C/c1ccc(OC)cc1)Sc1ccccc1Br. The molecule has 0 aliphatic carbocycles. The van der Waals surface area contributed by atoms with Gasteiger partial charge >= 0.3 is 5.97 Å². The third-order valence-electron chi connectivity index (χ3n) is 2.95. The number of halogens is 1. The average molecular weight is 393 g/mol. The van der Waals surface area contributed by atoms with Crippen molar-refractivity contribution in [2.24, 2.45) is 0 Å². The molecule has 0 bridgehead atoms. The molecule has 0 N–H and O–H groups in total. The lowest BCUT2D eigenvalue weighted by Crippen LogP contribution is -2.05. The maximum absolute atomic E-state index is 12.2. The van der Waals surface area contributed by atoms with Gasteiger partial charge < -0.3 is 9.47 Å². The molecule has 0 fully saturated rings. The number of carbonyl (C=O) groups excluding carboxylic acids is 1. The first-order valence-corrected chi connectivity index (χ1v) is 8.70. The van der Waals surface area contributed by atoms with Gasteiger partial charge in [0.1, 0.15) is 5.75 Å². The molecular formula is C18H17BrO3S. The first-order valence-electron chi connectivity index (χ1n) is 7.09. The zero-order valence-corrected chi connectivity index (χ0v) is 15.3. The smallest absolute Gasteiger partial charge is 0.344 e. The maximum atomic E-state index is 12.2. The van der Waals surface area contributed by atoms with E-state index in [0.29, 0.717) is 11.5 Å². The molecule has 0 heterocycles. The van der Waals surface area contributed by atoms with Crippen molar-refractivity contribution in [3.8, 4) is 5.75 Å². The largest absolute Gasteiger partial charge is 0.497 e. The van der Waals surface area contributed by atoms with Crippen molar-refractivity contribution in [2.45, 2.75) is 11.8 Å². The Kier molecular flexibility index (Phi) is 6.74. The lowest BCUT2D eigenvalue weighted by molar-refractivity contribution is -0.137. The van der Waals surface area contributed by atoms with E-state index in [2.05, 4.69) is 15.9 Å². The number of esters is 1. The summed E-state index contributed by atoms with van der Waals surface area (Å²) in [6.07, 6.45) is 1.82. The van der Waals surface area contributed by atoms with Crippen LogP contribution in [0.15, 0.2) is 62.8 Å². The van der Waals surface area contributed by atoms with Crippen LogP contribution in [0.5, 0.6) is 5.75 Å². The van der Waals surface area contributed by atoms with Crippen LogP contribution in [0.25, 0.3) is 6.08 Å². The van der Waals surface area contributed by atoms with Gasteiger partial charge in [-0.2, -0.15) is 0 Å². The molecule has 0 atom stereocenters. The summed E-state index contributed by atoms with van der Waals surface area (Å²) in [5.74, 6) is 0.447. The van der Waals surface area contributed by atoms with E-state index in [1.165, 1.54) is 11.8 Å².